The lowest BCUT2D eigenvalue weighted by atomic mass is 10.3. The molecule has 1 aromatic heterocycles. The summed E-state index contributed by atoms with van der Waals surface area (Å²) >= 11 is 0. The fourth-order valence-corrected chi connectivity index (χ4v) is 2.37. The molecule has 92 valence electrons. The third kappa shape index (κ3) is 4.25. The first-order valence-electron chi connectivity index (χ1n) is 5.11. The minimum Gasteiger partial charge on any atom is -0.316 e. The smallest absolute Gasteiger partial charge is 0.213 e. The molecule has 0 saturated heterocycles. The van der Waals surface area contributed by atoms with Crippen molar-refractivity contribution in [3.8, 4) is 0 Å². The topological polar surface area (TPSA) is 99.8 Å². The highest BCUT2D eigenvalue weighted by molar-refractivity contribution is 7.89. The number of aromatic amines is 1. The van der Waals surface area contributed by atoms with Gasteiger partial charge in [-0.15, -0.1) is 0 Å². The Morgan fingerprint density at radius 1 is 1.56 bits per heavy atom. The Morgan fingerprint density at radius 2 is 2.31 bits per heavy atom. The van der Waals surface area contributed by atoms with Gasteiger partial charge in [0.05, 0.1) is 11.8 Å². The highest BCUT2D eigenvalue weighted by atomic mass is 32.2. The molecular formula is C8H17N5O2S. The summed E-state index contributed by atoms with van der Waals surface area (Å²) < 4.78 is 25.7. The van der Waals surface area contributed by atoms with E-state index in [9.17, 15) is 8.42 Å². The largest absolute Gasteiger partial charge is 0.316 e. The van der Waals surface area contributed by atoms with E-state index >= 15 is 0 Å². The van der Waals surface area contributed by atoms with Gasteiger partial charge in [-0.2, -0.15) is 5.10 Å². The fourth-order valence-electron chi connectivity index (χ4n) is 1.19. The van der Waals surface area contributed by atoms with E-state index in [1.54, 1.807) is 6.92 Å². The molecule has 1 unspecified atom stereocenters. The molecule has 7 nitrogen and oxygen atoms in total. The van der Waals surface area contributed by atoms with Crippen LogP contribution in [-0.4, -0.2) is 42.4 Å². The Hall–Kier alpha value is -0.990. The Kier molecular flexibility index (Phi) is 4.84. The van der Waals surface area contributed by atoms with E-state index in [0.717, 1.165) is 6.54 Å². The number of H-pyrrole nitrogens is 1. The van der Waals surface area contributed by atoms with Crippen LogP contribution in [0.1, 0.15) is 25.7 Å². The van der Waals surface area contributed by atoms with Crippen molar-refractivity contribution in [2.45, 2.75) is 19.9 Å². The van der Waals surface area contributed by atoms with Crippen molar-refractivity contribution in [3.63, 3.8) is 0 Å². The van der Waals surface area contributed by atoms with Crippen molar-refractivity contribution in [1.82, 2.24) is 25.2 Å². The Labute approximate surface area is 95.1 Å². The zero-order chi connectivity index (χ0) is 12.0. The van der Waals surface area contributed by atoms with Gasteiger partial charge < -0.3 is 5.32 Å². The fraction of sp³-hybridized carbons (Fsp3) is 0.750. The minimum atomic E-state index is -3.28. The van der Waals surface area contributed by atoms with Crippen LogP contribution in [0.3, 0.4) is 0 Å². The zero-order valence-electron chi connectivity index (χ0n) is 9.40. The average Bonchev–Trinajstić information content (AvgIpc) is 2.69. The number of aromatic nitrogens is 3. The Bertz CT molecular complexity index is 389. The SMILES string of the molecule is CCNCCS(=O)(=O)NC(C)c1ncn[nH]1. The molecule has 1 atom stereocenters. The summed E-state index contributed by atoms with van der Waals surface area (Å²) in [6.45, 7) is 4.84. The molecule has 0 aliphatic rings. The standard InChI is InChI=1S/C8H17N5O2S/c1-3-9-4-5-16(14,15)13-7(2)8-10-6-11-12-8/h6-7,9,13H,3-5H2,1-2H3,(H,10,11,12). The predicted molar refractivity (Wildman–Crippen MR) is 60.3 cm³/mol. The molecule has 16 heavy (non-hydrogen) atoms. The van der Waals surface area contributed by atoms with Gasteiger partial charge in [0, 0.05) is 6.54 Å². The number of hydrogen-bond acceptors (Lipinski definition) is 5. The lowest BCUT2D eigenvalue weighted by molar-refractivity contribution is 0.557. The Morgan fingerprint density at radius 3 is 2.88 bits per heavy atom. The van der Waals surface area contributed by atoms with Gasteiger partial charge in [0.15, 0.2) is 0 Å². The van der Waals surface area contributed by atoms with Crippen LogP contribution in [0.5, 0.6) is 0 Å². The van der Waals surface area contributed by atoms with Gasteiger partial charge in [-0.05, 0) is 13.5 Å². The molecule has 3 N–H and O–H groups in total. The zero-order valence-corrected chi connectivity index (χ0v) is 10.2. The molecule has 0 spiro atoms. The number of sulfonamides is 1. The summed E-state index contributed by atoms with van der Waals surface area (Å²) in [5.74, 6) is 0.561. The van der Waals surface area contributed by atoms with Gasteiger partial charge in [-0.25, -0.2) is 18.1 Å². The van der Waals surface area contributed by atoms with E-state index in [-0.39, 0.29) is 5.75 Å². The molecule has 1 heterocycles. The molecular weight excluding hydrogens is 230 g/mol. The quantitative estimate of drug-likeness (QED) is 0.558. The van der Waals surface area contributed by atoms with Crippen LogP contribution in [0, 0.1) is 0 Å². The molecule has 0 radical (unpaired) electrons. The minimum absolute atomic E-state index is 0.0549. The molecule has 0 saturated carbocycles. The Balaban J connectivity index is 2.46. The highest BCUT2D eigenvalue weighted by Crippen LogP contribution is 2.05. The molecule has 0 fully saturated rings. The highest BCUT2D eigenvalue weighted by Gasteiger charge is 2.16. The predicted octanol–water partition coefficient (Wildman–Crippen LogP) is -0.605. The summed E-state index contributed by atoms with van der Waals surface area (Å²) in [6.07, 6.45) is 1.35. The average molecular weight is 247 g/mol. The van der Waals surface area contributed by atoms with Crippen LogP contribution in [-0.2, 0) is 10.0 Å². The van der Waals surface area contributed by atoms with E-state index < -0.39 is 16.1 Å². The molecule has 8 heteroatoms. The van der Waals surface area contributed by atoms with Crippen LogP contribution in [0.25, 0.3) is 0 Å². The van der Waals surface area contributed by atoms with Crippen LogP contribution < -0.4 is 10.0 Å². The van der Waals surface area contributed by atoms with E-state index in [1.165, 1.54) is 6.33 Å². The monoisotopic (exact) mass is 247 g/mol. The lowest BCUT2D eigenvalue weighted by Crippen LogP contribution is -2.33. The first-order chi connectivity index (χ1) is 7.55. The van der Waals surface area contributed by atoms with E-state index in [2.05, 4.69) is 25.2 Å². The van der Waals surface area contributed by atoms with Gasteiger partial charge in [-0.1, -0.05) is 6.92 Å². The van der Waals surface area contributed by atoms with Gasteiger partial charge in [0.2, 0.25) is 10.0 Å². The van der Waals surface area contributed by atoms with Gasteiger partial charge in [-0.3, -0.25) is 5.10 Å². The summed E-state index contributed by atoms with van der Waals surface area (Å²) in [4.78, 5) is 3.89. The molecule has 1 rings (SSSR count). The molecule has 1 aromatic rings. The number of nitrogens with one attached hydrogen (secondary N) is 3. The molecule has 0 aliphatic carbocycles. The van der Waals surface area contributed by atoms with Crippen molar-refractivity contribution >= 4 is 10.0 Å². The number of hydrogen-bond donors (Lipinski definition) is 3. The van der Waals surface area contributed by atoms with Crippen LogP contribution in [0.4, 0.5) is 0 Å². The third-order valence-corrected chi connectivity index (χ3v) is 3.45. The van der Waals surface area contributed by atoms with Crippen LogP contribution in [0.2, 0.25) is 0 Å². The first kappa shape index (κ1) is 13.1. The van der Waals surface area contributed by atoms with E-state index in [0.29, 0.717) is 12.4 Å². The molecule has 0 aliphatic heterocycles. The molecule has 0 aromatic carbocycles. The van der Waals surface area contributed by atoms with Gasteiger partial charge >= 0.3 is 0 Å². The molecule has 0 bridgehead atoms. The van der Waals surface area contributed by atoms with Crippen molar-refractivity contribution in [3.05, 3.63) is 12.2 Å². The van der Waals surface area contributed by atoms with Crippen molar-refractivity contribution in [2.75, 3.05) is 18.8 Å². The van der Waals surface area contributed by atoms with Gasteiger partial charge in [0.25, 0.3) is 0 Å². The summed E-state index contributed by atoms with van der Waals surface area (Å²) in [5, 5.41) is 9.25. The lowest BCUT2D eigenvalue weighted by Gasteiger charge is -2.11. The second kappa shape index (κ2) is 5.92. The van der Waals surface area contributed by atoms with Crippen LogP contribution in [0.15, 0.2) is 6.33 Å². The maximum Gasteiger partial charge on any atom is 0.213 e. The normalized spacial score (nSPS) is 13.9. The summed E-state index contributed by atoms with van der Waals surface area (Å²) in [6, 6.07) is -0.394. The number of nitrogens with zero attached hydrogens (tertiary/aromatic N) is 2. The maximum absolute atomic E-state index is 11.6. The first-order valence-corrected chi connectivity index (χ1v) is 6.76. The second-order valence-electron chi connectivity index (χ2n) is 3.38. The second-order valence-corrected chi connectivity index (χ2v) is 5.26. The number of rotatable bonds is 7. The van der Waals surface area contributed by atoms with Crippen molar-refractivity contribution < 1.29 is 8.42 Å². The summed E-state index contributed by atoms with van der Waals surface area (Å²) in [5.41, 5.74) is 0. The summed E-state index contributed by atoms with van der Waals surface area (Å²) in [7, 11) is -3.28. The van der Waals surface area contributed by atoms with Crippen molar-refractivity contribution in [1.29, 1.82) is 0 Å². The van der Waals surface area contributed by atoms with Gasteiger partial charge in [0.1, 0.15) is 12.2 Å². The third-order valence-electron chi connectivity index (χ3n) is 2.00. The van der Waals surface area contributed by atoms with E-state index in [4.69, 9.17) is 0 Å². The van der Waals surface area contributed by atoms with Crippen molar-refractivity contribution in [2.24, 2.45) is 0 Å². The maximum atomic E-state index is 11.6. The molecule has 0 amide bonds. The van der Waals surface area contributed by atoms with E-state index in [1.807, 2.05) is 6.92 Å². The van der Waals surface area contributed by atoms with Crippen LogP contribution >= 0.6 is 0 Å².